The number of imidazole rings is 1. The van der Waals surface area contributed by atoms with Crippen LogP contribution in [0, 0.1) is 0 Å². The molecule has 1 amide bonds. The Hall–Kier alpha value is -4.83. The maximum atomic E-state index is 11.7. The molecule has 0 spiro atoms. The van der Waals surface area contributed by atoms with Gasteiger partial charge >= 0.3 is 0 Å². The van der Waals surface area contributed by atoms with Gasteiger partial charge in [-0.15, -0.1) is 0 Å². The van der Waals surface area contributed by atoms with E-state index in [1.54, 1.807) is 17.1 Å². The SMILES string of the molecule is C=CC(=O)NC1CCC(NC2CCc3cc(-n4c(-c5cccnc5N)nc5ccc(-n6cccn6)nc54)ccc32)CC1. The number of hydrogen-bond donors (Lipinski definition) is 3. The van der Waals surface area contributed by atoms with Crippen molar-refractivity contribution in [3.05, 3.63) is 90.9 Å². The van der Waals surface area contributed by atoms with E-state index in [9.17, 15) is 4.79 Å². The highest BCUT2D eigenvalue weighted by Crippen LogP contribution is 2.37. The van der Waals surface area contributed by atoms with Crippen LogP contribution in [0.15, 0.2) is 79.8 Å². The summed E-state index contributed by atoms with van der Waals surface area (Å²) in [7, 11) is 0. The lowest BCUT2D eigenvalue weighted by Crippen LogP contribution is -2.42. The maximum Gasteiger partial charge on any atom is 0.243 e. The number of rotatable bonds is 7. The predicted octanol–water partition coefficient (Wildman–Crippen LogP) is 4.44. The summed E-state index contributed by atoms with van der Waals surface area (Å²) in [6.45, 7) is 3.56. The summed E-state index contributed by atoms with van der Waals surface area (Å²) in [5.74, 6) is 1.75. The summed E-state index contributed by atoms with van der Waals surface area (Å²) in [4.78, 5) is 26.0. The van der Waals surface area contributed by atoms with Gasteiger partial charge in [0.05, 0.1) is 5.56 Å². The number of fused-ring (bicyclic) bond motifs is 2. The Labute approximate surface area is 243 Å². The number of benzene rings is 1. The highest BCUT2D eigenvalue weighted by molar-refractivity contribution is 5.87. The molecule has 2 aliphatic carbocycles. The summed E-state index contributed by atoms with van der Waals surface area (Å²) < 4.78 is 3.82. The van der Waals surface area contributed by atoms with E-state index in [0.717, 1.165) is 60.9 Å². The van der Waals surface area contributed by atoms with Crippen LogP contribution in [0.4, 0.5) is 5.82 Å². The first-order valence-corrected chi connectivity index (χ1v) is 14.5. The van der Waals surface area contributed by atoms with Crippen molar-refractivity contribution in [1.82, 2.24) is 39.9 Å². The molecule has 0 saturated heterocycles. The average Bonchev–Trinajstić information content (AvgIpc) is 3.77. The fourth-order valence-electron chi connectivity index (χ4n) is 6.38. The molecule has 1 aromatic carbocycles. The summed E-state index contributed by atoms with van der Waals surface area (Å²) in [6, 6.07) is 17.2. The number of aromatic nitrogens is 6. The minimum Gasteiger partial charge on any atom is -0.383 e. The Morgan fingerprint density at radius 2 is 1.86 bits per heavy atom. The first-order chi connectivity index (χ1) is 20.6. The van der Waals surface area contributed by atoms with Crippen molar-refractivity contribution in [3.63, 3.8) is 0 Å². The van der Waals surface area contributed by atoms with Crippen molar-refractivity contribution in [1.29, 1.82) is 0 Å². The molecule has 1 unspecified atom stereocenters. The lowest BCUT2D eigenvalue weighted by atomic mass is 9.90. The van der Waals surface area contributed by atoms with Gasteiger partial charge in [-0.1, -0.05) is 12.6 Å². The Morgan fingerprint density at radius 1 is 1.00 bits per heavy atom. The maximum absolute atomic E-state index is 11.7. The molecule has 5 aromatic rings. The van der Waals surface area contributed by atoms with Crippen LogP contribution in [-0.4, -0.2) is 47.3 Å². The summed E-state index contributed by atoms with van der Waals surface area (Å²) in [5, 5.41) is 11.3. The minimum absolute atomic E-state index is 0.0835. The number of nitrogen functional groups attached to an aromatic ring is 1. The van der Waals surface area contributed by atoms with E-state index in [1.807, 2.05) is 36.5 Å². The third-order valence-corrected chi connectivity index (χ3v) is 8.47. The number of pyridine rings is 2. The quantitative estimate of drug-likeness (QED) is 0.252. The second-order valence-electron chi connectivity index (χ2n) is 11.1. The Bertz CT molecular complexity index is 1770. The molecule has 0 aliphatic heterocycles. The van der Waals surface area contributed by atoms with Crippen molar-refractivity contribution in [2.24, 2.45) is 0 Å². The molecule has 0 bridgehead atoms. The number of carbonyl (C=O) groups excluding carboxylic acids is 1. The first kappa shape index (κ1) is 26.1. The van der Waals surface area contributed by atoms with E-state index in [4.69, 9.17) is 15.7 Å². The first-order valence-electron chi connectivity index (χ1n) is 14.5. The molecule has 4 aromatic heterocycles. The fourth-order valence-corrected chi connectivity index (χ4v) is 6.38. The molecular formula is C32H33N9O. The minimum atomic E-state index is -0.0835. The molecule has 10 heteroatoms. The molecule has 2 aliphatic rings. The molecule has 42 heavy (non-hydrogen) atoms. The Balaban J connectivity index is 1.20. The third kappa shape index (κ3) is 4.83. The van der Waals surface area contributed by atoms with Gasteiger partial charge in [0.25, 0.3) is 0 Å². The normalized spacial score (nSPS) is 20.0. The van der Waals surface area contributed by atoms with Crippen molar-refractivity contribution >= 4 is 22.9 Å². The molecular weight excluding hydrogens is 526 g/mol. The molecule has 10 nitrogen and oxygen atoms in total. The monoisotopic (exact) mass is 559 g/mol. The topological polar surface area (TPSA) is 129 Å². The zero-order valence-electron chi connectivity index (χ0n) is 23.3. The van der Waals surface area contributed by atoms with Gasteiger partial charge < -0.3 is 16.4 Å². The van der Waals surface area contributed by atoms with E-state index in [1.165, 1.54) is 17.2 Å². The molecule has 7 rings (SSSR count). The van der Waals surface area contributed by atoms with Crippen LogP contribution >= 0.6 is 0 Å². The Kier molecular flexibility index (Phi) is 6.75. The van der Waals surface area contributed by atoms with Crippen LogP contribution in [0.1, 0.15) is 49.3 Å². The highest BCUT2D eigenvalue weighted by atomic mass is 16.1. The van der Waals surface area contributed by atoms with E-state index < -0.39 is 0 Å². The van der Waals surface area contributed by atoms with E-state index in [2.05, 4.69) is 50.1 Å². The Morgan fingerprint density at radius 3 is 2.64 bits per heavy atom. The van der Waals surface area contributed by atoms with Crippen LogP contribution < -0.4 is 16.4 Å². The molecule has 1 fully saturated rings. The van der Waals surface area contributed by atoms with Crippen LogP contribution in [0.2, 0.25) is 0 Å². The van der Waals surface area contributed by atoms with Gasteiger partial charge in [-0.3, -0.25) is 9.36 Å². The van der Waals surface area contributed by atoms with Gasteiger partial charge in [0.1, 0.15) is 11.3 Å². The molecule has 4 heterocycles. The standard InChI is InChI=1S/C32H33N9O/c1-2-29(42)37-22-9-7-21(8-10-22)36-26-13-6-20-19-23(11-12-24(20)26)41-31(25-5-3-16-34-30(25)33)38-27-14-15-28(39-32(27)41)40-18-4-17-35-40/h2-5,11-12,14-19,21-22,26,36H,1,6-10,13H2,(H2,33,34)(H,37,42). The number of nitrogens with two attached hydrogens (primary N) is 1. The van der Waals surface area contributed by atoms with Crippen LogP contribution in [0.25, 0.3) is 34.1 Å². The van der Waals surface area contributed by atoms with Gasteiger partial charge in [0, 0.05) is 42.4 Å². The number of anilines is 1. The van der Waals surface area contributed by atoms with Crippen molar-refractivity contribution in [3.8, 4) is 22.9 Å². The number of nitrogens with one attached hydrogen (secondary N) is 2. The number of nitrogens with zero attached hydrogens (tertiary/aromatic N) is 6. The zero-order valence-corrected chi connectivity index (χ0v) is 23.3. The van der Waals surface area contributed by atoms with Gasteiger partial charge in [-0.2, -0.15) is 5.10 Å². The van der Waals surface area contributed by atoms with E-state index >= 15 is 0 Å². The molecule has 4 N–H and O–H groups in total. The van der Waals surface area contributed by atoms with Gasteiger partial charge in [-0.25, -0.2) is 19.6 Å². The fraction of sp³-hybridized carbons (Fsp3) is 0.281. The molecule has 1 atom stereocenters. The van der Waals surface area contributed by atoms with Crippen molar-refractivity contribution < 1.29 is 4.79 Å². The second kappa shape index (κ2) is 10.9. The zero-order chi connectivity index (χ0) is 28.6. The second-order valence-corrected chi connectivity index (χ2v) is 11.1. The van der Waals surface area contributed by atoms with Gasteiger partial charge in [0.2, 0.25) is 5.91 Å². The van der Waals surface area contributed by atoms with Crippen molar-refractivity contribution in [2.45, 2.75) is 56.7 Å². The molecule has 0 radical (unpaired) electrons. The number of carbonyl (C=O) groups is 1. The van der Waals surface area contributed by atoms with Crippen molar-refractivity contribution in [2.75, 3.05) is 5.73 Å². The lowest BCUT2D eigenvalue weighted by molar-refractivity contribution is -0.117. The van der Waals surface area contributed by atoms with E-state index in [0.29, 0.717) is 29.5 Å². The number of hydrogen-bond acceptors (Lipinski definition) is 7. The number of amides is 1. The number of aryl methyl sites for hydroxylation is 1. The van der Waals surface area contributed by atoms with E-state index in [-0.39, 0.29) is 11.9 Å². The summed E-state index contributed by atoms with van der Waals surface area (Å²) in [6.07, 6.45) is 12.8. The highest BCUT2D eigenvalue weighted by Gasteiger charge is 2.29. The van der Waals surface area contributed by atoms with Crippen LogP contribution in [0.5, 0.6) is 0 Å². The third-order valence-electron chi connectivity index (χ3n) is 8.47. The molecule has 1 saturated carbocycles. The van der Waals surface area contributed by atoms with Crippen LogP contribution in [-0.2, 0) is 11.2 Å². The molecule has 212 valence electrons. The summed E-state index contributed by atoms with van der Waals surface area (Å²) >= 11 is 0. The summed E-state index contributed by atoms with van der Waals surface area (Å²) in [5.41, 5.74) is 12.2. The lowest BCUT2D eigenvalue weighted by Gasteiger charge is -2.31. The van der Waals surface area contributed by atoms with Crippen LogP contribution in [0.3, 0.4) is 0 Å². The van der Waals surface area contributed by atoms with Gasteiger partial charge in [-0.05, 0) is 98.2 Å². The smallest absolute Gasteiger partial charge is 0.243 e. The largest absolute Gasteiger partial charge is 0.383 e. The van der Waals surface area contributed by atoms with Gasteiger partial charge in [0.15, 0.2) is 17.3 Å². The predicted molar refractivity (Wildman–Crippen MR) is 162 cm³/mol. The average molecular weight is 560 g/mol.